The maximum Gasteiger partial charge on any atom is 0.339 e. The Morgan fingerprint density at radius 3 is 2.44 bits per heavy atom. The van der Waals surface area contributed by atoms with Gasteiger partial charge in [0.15, 0.2) is 6.61 Å². The van der Waals surface area contributed by atoms with Gasteiger partial charge in [-0.15, -0.1) is 0 Å². The van der Waals surface area contributed by atoms with Gasteiger partial charge in [-0.3, -0.25) is 14.9 Å². The van der Waals surface area contributed by atoms with E-state index >= 15 is 0 Å². The molecule has 0 unspecified atom stereocenters. The Kier molecular flexibility index (Phi) is 5.95. The number of ether oxygens (including phenoxy) is 1. The van der Waals surface area contributed by atoms with Gasteiger partial charge in [-0.25, -0.2) is 4.79 Å². The number of carbonyl (C=O) groups is 2. The Bertz CT molecular complexity index is 834. The first-order valence-corrected chi connectivity index (χ1v) is 7.70. The largest absolute Gasteiger partial charge is 0.452 e. The maximum atomic E-state index is 12.0. The van der Waals surface area contributed by atoms with Crippen molar-refractivity contribution in [3.8, 4) is 0 Å². The van der Waals surface area contributed by atoms with E-state index in [0.29, 0.717) is 15.7 Å². The topological polar surface area (TPSA) is 98.5 Å². The van der Waals surface area contributed by atoms with Crippen LogP contribution < -0.4 is 5.32 Å². The van der Waals surface area contributed by atoms with Gasteiger partial charge in [0, 0.05) is 27.4 Å². The van der Waals surface area contributed by atoms with Crippen molar-refractivity contribution in [2.45, 2.75) is 6.92 Å². The highest BCUT2D eigenvalue weighted by atomic mass is 35.5. The van der Waals surface area contributed by atoms with Crippen LogP contribution in [0.1, 0.15) is 15.9 Å². The molecular formula is C16H12Cl2N2O5. The number of hydrogen-bond acceptors (Lipinski definition) is 5. The summed E-state index contributed by atoms with van der Waals surface area (Å²) in [6, 6.07) is 8.51. The van der Waals surface area contributed by atoms with E-state index in [1.807, 2.05) is 0 Å². The van der Waals surface area contributed by atoms with Gasteiger partial charge in [-0.2, -0.15) is 0 Å². The van der Waals surface area contributed by atoms with E-state index in [0.717, 1.165) is 0 Å². The monoisotopic (exact) mass is 382 g/mol. The molecule has 0 aliphatic rings. The molecule has 25 heavy (non-hydrogen) atoms. The van der Waals surface area contributed by atoms with E-state index in [2.05, 4.69) is 5.32 Å². The highest BCUT2D eigenvalue weighted by molar-refractivity contribution is 6.35. The summed E-state index contributed by atoms with van der Waals surface area (Å²) in [5, 5.41) is 14.0. The van der Waals surface area contributed by atoms with Crippen molar-refractivity contribution in [2.24, 2.45) is 0 Å². The Balaban J connectivity index is 2.01. The number of esters is 1. The number of nitrogens with one attached hydrogen (secondary N) is 1. The van der Waals surface area contributed by atoms with Crippen LogP contribution in [-0.4, -0.2) is 23.4 Å². The lowest BCUT2D eigenvalue weighted by Crippen LogP contribution is -2.21. The van der Waals surface area contributed by atoms with E-state index in [-0.39, 0.29) is 16.8 Å². The smallest absolute Gasteiger partial charge is 0.339 e. The first-order valence-electron chi connectivity index (χ1n) is 6.95. The highest BCUT2D eigenvalue weighted by Gasteiger charge is 2.19. The lowest BCUT2D eigenvalue weighted by molar-refractivity contribution is -0.385. The second kappa shape index (κ2) is 7.96. The van der Waals surface area contributed by atoms with Crippen LogP contribution in [-0.2, 0) is 9.53 Å². The standard InChI is InChI=1S/C16H12Cl2N2O5/c1-9-13(3-2-4-14(9)20(23)24)16(22)25-8-15(21)19-12-6-10(17)5-11(18)7-12/h2-7H,8H2,1H3,(H,19,21). The van der Waals surface area contributed by atoms with E-state index in [1.54, 1.807) is 0 Å². The Labute approximate surface area is 152 Å². The molecule has 130 valence electrons. The number of rotatable bonds is 5. The molecule has 1 amide bonds. The number of nitro benzene ring substituents is 1. The summed E-state index contributed by atoms with van der Waals surface area (Å²) >= 11 is 11.6. The maximum absolute atomic E-state index is 12.0. The number of hydrogen-bond donors (Lipinski definition) is 1. The first-order chi connectivity index (χ1) is 11.8. The van der Waals surface area contributed by atoms with Crippen molar-refractivity contribution < 1.29 is 19.2 Å². The molecule has 9 heteroatoms. The number of nitro groups is 1. The highest BCUT2D eigenvalue weighted by Crippen LogP contribution is 2.23. The number of amides is 1. The van der Waals surface area contributed by atoms with Gasteiger partial charge < -0.3 is 10.1 Å². The quantitative estimate of drug-likeness (QED) is 0.478. The lowest BCUT2D eigenvalue weighted by atomic mass is 10.1. The predicted molar refractivity (Wildman–Crippen MR) is 93.2 cm³/mol. The zero-order valence-corrected chi connectivity index (χ0v) is 14.4. The second-order valence-electron chi connectivity index (χ2n) is 4.99. The van der Waals surface area contributed by atoms with Crippen LogP contribution in [0.4, 0.5) is 11.4 Å². The summed E-state index contributed by atoms with van der Waals surface area (Å²) < 4.78 is 4.90. The third kappa shape index (κ3) is 4.91. The van der Waals surface area contributed by atoms with Gasteiger partial charge in [0.05, 0.1) is 10.5 Å². The van der Waals surface area contributed by atoms with Crippen LogP contribution in [0.15, 0.2) is 36.4 Å². The zero-order chi connectivity index (χ0) is 18.6. The lowest BCUT2D eigenvalue weighted by Gasteiger charge is -2.09. The SMILES string of the molecule is Cc1c(C(=O)OCC(=O)Nc2cc(Cl)cc(Cl)c2)cccc1[N+](=O)[O-]. The van der Waals surface area contributed by atoms with Crippen LogP contribution in [0.3, 0.4) is 0 Å². The van der Waals surface area contributed by atoms with E-state index < -0.39 is 23.4 Å². The molecule has 0 spiro atoms. The van der Waals surface area contributed by atoms with Gasteiger partial charge in [-0.1, -0.05) is 29.3 Å². The average Bonchev–Trinajstić information content (AvgIpc) is 2.51. The summed E-state index contributed by atoms with van der Waals surface area (Å²) in [4.78, 5) is 34.2. The molecule has 0 aromatic heterocycles. The average molecular weight is 383 g/mol. The van der Waals surface area contributed by atoms with Crippen molar-refractivity contribution >= 4 is 46.5 Å². The fraction of sp³-hybridized carbons (Fsp3) is 0.125. The van der Waals surface area contributed by atoms with Gasteiger partial charge in [0.1, 0.15) is 0 Å². The minimum Gasteiger partial charge on any atom is -0.452 e. The molecule has 1 N–H and O–H groups in total. The molecule has 0 fully saturated rings. The summed E-state index contributed by atoms with van der Waals surface area (Å²) in [6.45, 7) is 0.869. The summed E-state index contributed by atoms with van der Waals surface area (Å²) in [5.74, 6) is -1.43. The number of nitrogens with zero attached hydrogens (tertiary/aromatic N) is 1. The van der Waals surface area contributed by atoms with Crippen molar-refractivity contribution in [3.63, 3.8) is 0 Å². The molecule has 0 bridgehead atoms. The predicted octanol–water partition coefficient (Wildman–Crippen LogP) is 4.01. The normalized spacial score (nSPS) is 10.2. The van der Waals surface area contributed by atoms with Crippen molar-refractivity contribution in [2.75, 3.05) is 11.9 Å². The number of carbonyl (C=O) groups excluding carboxylic acids is 2. The minimum atomic E-state index is -0.833. The molecule has 2 rings (SSSR count). The van der Waals surface area contributed by atoms with Crippen molar-refractivity contribution in [1.82, 2.24) is 0 Å². The summed E-state index contributed by atoms with van der Waals surface area (Å²) in [7, 11) is 0. The molecule has 7 nitrogen and oxygen atoms in total. The Morgan fingerprint density at radius 2 is 1.84 bits per heavy atom. The van der Waals surface area contributed by atoms with Crippen LogP contribution in [0.2, 0.25) is 10.0 Å². The molecule has 0 atom stereocenters. The molecule has 0 saturated carbocycles. The van der Waals surface area contributed by atoms with Gasteiger partial charge >= 0.3 is 5.97 Å². The van der Waals surface area contributed by atoms with Crippen molar-refractivity contribution in [3.05, 3.63) is 67.7 Å². The number of anilines is 1. The molecule has 0 heterocycles. The fourth-order valence-electron chi connectivity index (χ4n) is 2.07. The number of benzene rings is 2. The summed E-state index contributed by atoms with van der Waals surface area (Å²) in [5.41, 5.74) is 0.338. The summed E-state index contributed by atoms with van der Waals surface area (Å²) in [6.07, 6.45) is 0. The molecule has 0 saturated heterocycles. The molecule has 2 aromatic carbocycles. The fourth-order valence-corrected chi connectivity index (χ4v) is 2.60. The number of halogens is 2. The van der Waals surface area contributed by atoms with E-state index in [1.165, 1.54) is 43.3 Å². The van der Waals surface area contributed by atoms with E-state index in [4.69, 9.17) is 27.9 Å². The van der Waals surface area contributed by atoms with Gasteiger partial charge in [-0.05, 0) is 31.2 Å². The van der Waals surface area contributed by atoms with Crippen LogP contribution in [0.25, 0.3) is 0 Å². The van der Waals surface area contributed by atoms with Gasteiger partial charge in [0.2, 0.25) is 0 Å². The van der Waals surface area contributed by atoms with Gasteiger partial charge in [0.25, 0.3) is 11.6 Å². The third-order valence-electron chi connectivity index (χ3n) is 3.20. The second-order valence-corrected chi connectivity index (χ2v) is 5.86. The third-order valence-corrected chi connectivity index (χ3v) is 3.64. The van der Waals surface area contributed by atoms with Crippen LogP contribution in [0.5, 0.6) is 0 Å². The molecule has 0 aliphatic carbocycles. The molecule has 2 aromatic rings. The van der Waals surface area contributed by atoms with Crippen LogP contribution >= 0.6 is 23.2 Å². The molecular weight excluding hydrogens is 371 g/mol. The Hall–Kier alpha value is -2.64. The van der Waals surface area contributed by atoms with E-state index in [9.17, 15) is 19.7 Å². The zero-order valence-electron chi connectivity index (χ0n) is 12.9. The first kappa shape index (κ1) is 18.7. The minimum absolute atomic E-state index is 0.0211. The van der Waals surface area contributed by atoms with Crippen molar-refractivity contribution in [1.29, 1.82) is 0 Å². The van der Waals surface area contributed by atoms with Crippen LogP contribution in [0, 0.1) is 17.0 Å². The molecule has 0 radical (unpaired) electrons. The Morgan fingerprint density at radius 1 is 1.20 bits per heavy atom. The molecule has 0 aliphatic heterocycles.